The van der Waals surface area contributed by atoms with E-state index in [1.165, 1.54) is 0 Å². The highest BCUT2D eigenvalue weighted by Crippen LogP contribution is 2.23. The third kappa shape index (κ3) is 3.71. The molecule has 0 unspecified atom stereocenters. The van der Waals surface area contributed by atoms with Crippen LogP contribution in [0.4, 0.5) is 0 Å². The molecule has 1 aromatic rings. The molecule has 4 nitrogen and oxygen atoms in total. The van der Waals surface area contributed by atoms with Crippen LogP contribution in [0.2, 0.25) is 5.02 Å². The van der Waals surface area contributed by atoms with Crippen LogP contribution in [0.15, 0.2) is 22.7 Å². The van der Waals surface area contributed by atoms with Crippen molar-refractivity contribution in [2.75, 3.05) is 6.54 Å². The van der Waals surface area contributed by atoms with Crippen LogP contribution in [0, 0.1) is 0 Å². The first-order chi connectivity index (χ1) is 8.56. The SMILES string of the molecule is O=C(CNC(=O)c1ccc(Br)c(Cl)c1)NC1CC1. The maximum atomic E-state index is 11.7. The molecule has 2 N–H and O–H groups in total. The number of hydrogen-bond donors (Lipinski definition) is 2. The fourth-order valence-corrected chi connectivity index (χ4v) is 1.83. The smallest absolute Gasteiger partial charge is 0.251 e. The lowest BCUT2D eigenvalue weighted by Gasteiger charge is -2.06. The highest BCUT2D eigenvalue weighted by molar-refractivity contribution is 9.10. The quantitative estimate of drug-likeness (QED) is 0.888. The predicted molar refractivity (Wildman–Crippen MR) is 72.6 cm³/mol. The van der Waals surface area contributed by atoms with E-state index in [0.29, 0.717) is 16.6 Å². The van der Waals surface area contributed by atoms with Crippen molar-refractivity contribution in [3.63, 3.8) is 0 Å². The Kier molecular flexibility index (Phi) is 4.24. The largest absolute Gasteiger partial charge is 0.352 e. The van der Waals surface area contributed by atoms with Gasteiger partial charge in [0.25, 0.3) is 5.91 Å². The fraction of sp³-hybridized carbons (Fsp3) is 0.333. The number of halogens is 2. The van der Waals surface area contributed by atoms with Crippen molar-refractivity contribution in [3.05, 3.63) is 33.3 Å². The van der Waals surface area contributed by atoms with Gasteiger partial charge >= 0.3 is 0 Å². The van der Waals surface area contributed by atoms with Crippen molar-refractivity contribution < 1.29 is 9.59 Å². The average molecular weight is 332 g/mol. The van der Waals surface area contributed by atoms with Gasteiger partial charge in [-0.05, 0) is 47.0 Å². The second-order valence-electron chi connectivity index (χ2n) is 4.15. The molecule has 96 valence electrons. The van der Waals surface area contributed by atoms with Crippen LogP contribution in [-0.4, -0.2) is 24.4 Å². The van der Waals surface area contributed by atoms with Crippen molar-refractivity contribution >= 4 is 39.3 Å². The van der Waals surface area contributed by atoms with E-state index < -0.39 is 0 Å². The molecule has 0 bridgehead atoms. The number of nitrogens with one attached hydrogen (secondary N) is 2. The van der Waals surface area contributed by atoms with Crippen LogP contribution in [0.1, 0.15) is 23.2 Å². The zero-order valence-corrected chi connectivity index (χ0v) is 11.8. The molecular weight excluding hydrogens is 320 g/mol. The monoisotopic (exact) mass is 330 g/mol. The number of carbonyl (C=O) groups excluding carboxylic acids is 2. The number of hydrogen-bond acceptors (Lipinski definition) is 2. The Hall–Kier alpha value is -1.07. The molecule has 1 fully saturated rings. The highest BCUT2D eigenvalue weighted by Gasteiger charge is 2.23. The van der Waals surface area contributed by atoms with Crippen molar-refractivity contribution in [3.8, 4) is 0 Å². The summed E-state index contributed by atoms with van der Waals surface area (Å²) in [7, 11) is 0. The first kappa shape index (κ1) is 13.4. The van der Waals surface area contributed by atoms with Gasteiger partial charge in [-0.1, -0.05) is 11.6 Å². The van der Waals surface area contributed by atoms with Gasteiger partial charge in [0.2, 0.25) is 5.91 Å². The summed E-state index contributed by atoms with van der Waals surface area (Å²) >= 11 is 9.14. The molecule has 1 aliphatic carbocycles. The summed E-state index contributed by atoms with van der Waals surface area (Å²) in [6.45, 7) is -0.0109. The third-order valence-electron chi connectivity index (χ3n) is 2.53. The molecular formula is C12H12BrClN2O2. The highest BCUT2D eigenvalue weighted by atomic mass is 79.9. The molecule has 2 rings (SSSR count). The molecule has 0 aromatic heterocycles. The lowest BCUT2D eigenvalue weighted by atomic mass is 10.2. The molecule has 0 radical (unpaired) electrons. The fourth-order valence-electron chi connectivity index (χ4n) is 1.41. The maximum absolute atomic E-state index is 11.7. The van der Waals surface area contributed by atoms with E-state index in [-0.39, 0.29) is 18.4 Å². The van der Waals surface area contributed by atoms with E-state index in [0.717, 1.165) is 17.3 Å². The van der Waals surface area contributed by atoms with Crippen molar-refractivity contribution in [2.45, 2.75) is 18.9 Å². The zero-order chi connectivity index (χ0) is 13.1. The van der Waals surface area contributed by atoms with E-state index in [4.69, 9.17) is 11.6 Å². The number of benzene rings is 1. The summed E-state index contributed by atoms with van der Waals surface area (Å²) < 4.78 is 0.729. The Morgan fingerprint density at radius 2 is 2.11 bits per heavy atom. The Morgan fingerprint density at radius 1 is 1.39 bits per heavy atom. The average Bonchev–Trinajstić information content (AvgIpc) is 3.13. The summed E-state index contributed by atoms with van der Waals surface area (Å²) in [6, 6.07) is 5.20. The van der Waals surface area contributed by atoms with Crippen molar-refractivity contribution in [1.29, 1.82) is 0 Å². The summed E-state index contributed by atoms with van der Waals surface area (Å²) in [6.07, 6.45) is 2.06. The Balaban J connectivity index is 1.86. The van der Waals surface area contributed by atoms with E-state index in [1.807, 2.05) is 0 Å². The van der Waals surface area contributed by atoms with Crippen LogP contribution < -0.4 is 10.6 Å². The molecule has 0 aliphatic heterocycles. The Morgan fingerprint density at radius 3 is 2.72 bits per heavy atom. The number of amides is 2. The standard InChI is InChI=1S/C12H12BrClN2O2/c13-9-4-1-7(5-10(9)14)12(18)15-6-11(17)16-8-2-3-8/h1,4-5,8H,2-3,6H2,(H,15,18)(H,16,17). The second-order valence-corrected chi connectivity index (χ2v) is 5.41. The Bertz CT molecular complexity index is 489. The summed E-state index contributed by atoms with van der Waals surface area (Å²) in [4.78, 5) is 23.1. The van der Waals surface area contributed by atoms with Crippen LogP contribution in [-0.2, 0) is 4.79 Å². The van der Waals surface area contributed by atoms with E-state index >= 15 is 0 Å². The van der Waals surface area contributed by atoms with Gasteiger partial charge in [-0.25, -0.2) is 0 Å². The van der Waals surface area contributed by atoms with Gasteiger partial charge < -0.3 is 10.6 Å². The van der Waals surface area contributed by atoms with Crippen LogP contribution >= 0.6 is 27.5 Å². The maximum Gasteiger partial charge on any atom is 0.251 e. The Labute approximate surface area is 118 Å². The van der Waals surface area contributed by atoms with Gasteiger partial charge in [0.1, 0.15) is 0 Å². The second kappa shape index (κ2) is 5.71. The minimum absolute atomic E-state index is 0.0109. The van der Waals surface area contributed by atoms with Gasteiger partial charge in [-0.15, -0.1) is 0 Å². The summed E-state index contributed by atoms with van der Waals surface area (Å²) in [5.41, 5.74) is 0.433. The molecule has 0 heterocycles. The topological polar surface area (TPSA) is 58.2 Å². The van der Waals surface area contributed by atoms with Gasteiger partial charge in [-0.2, -0.15) is 0 Å². The summed E-state index contributed by atoms with van der Waals surface area (Å²) in [5, 5.41) is 5.81. The molecule has 0 saturated heterocycles. The molecule has 0 atom stereocenters. The predicted octanol–water partition coefficient (Wildman–Crippen LogP) is 2.11. The molecule has 6 heteroatoms. The molecule has 2 amide bonds. The number of rotatable bonds is 4. The summed E-state index contributed by atoms with van der Waals surface area (Å²) in [5.74, 6) is -0.468. The minimum Gasteiger partial charge on any atom is -0.352 e. The molecule has 0 spiro atoms. The lowest BCUT2D eigenvalue weighted by Crippen LogP contribution is -2.37. The normalized spacial score (nSPS) is 14.1. The van der Waals surface area contributed by atoms with Gasteiger partial charge in [-0.3, -0.25) is 9.59 Å². The lowest BCUT2D eigenvalue weighted by molar-refractivity contribution is -0.120. The zero-order valence-electron chi connectivity index (χ0n) is 9.50. The third-order valence-corrected chi connectivity index (χ3v) is 3.77. The van der Waals surface area contributed by atoms with Gasteiger partial charge in [0, 0.05) is 16.1 Å². The van der Waals surface area contributed by atoms with Crippen molar-refractivity contribution in [1.82, 2.24) is 10.6 Å². The molecule has 18 heavy (non-hydrogen) atoms. The first-order valence-electron chi connectivity index (χ1n) is 5.59. The van der Waals surface area contributed by atoms with Gasteiger partial charge in [0.15, 0.2) is 0 Å². The molecule has 1 aromatic carbocycles. The van der Waals surface area contributed by atoms with E-state index in [2.05, 4.69) is 26.6 Å². The van der Waals surface area contributed by atoms with Crippen LogP contribution in [0.3, 0.4) is 0 Å². The van der Waals surface area contributed by atoms with Crippen LogP contribution in [0.25, 0.3) is 0 Å². The van der Waals surface area contributed by atoms with E-state index in [1.54, 1.807) is 18.2 Å². The molecule has 1 aliphatic rings. The number of carbonyl (C=O) groups is 2. The van der Waals surface area contributed by atoms with Crippen molar-refractivity contribution in [2.24, 2.45) is 0 Å². The van der Waals surface area contributed by atoms with Crippen LogP contribution in [0.5, 0.6) is 0 Å². The molecule has 1 saturated carbocycles. The first-order valence-corrected chi connectivity index (χ1v) is 6.76. The van der Waals surface area contributed by atoms with Gasteiger partial charge in [0.05, 0.1) is 11.6 Å². The van der Waals surface area contributed by atoms with E-state index in [9.17, 15) is 9.59 Å². The minimum atomic E-state index is -0.310.